The van der Waals surface area contributed by atoms with Crippen LogP contribution < -0.4 is 0 Å². The molecule has 0 spiro atoms. The van der Waals surface area contributed by atoms with E-state index in [-0.39, 0.29) is 31.0 Å². The van der Waals surface area contributed by atoms with Gasteiger partial charge in [-0.05, 0) is 41.6 Å². The Bertz CT molecular complexity index is 893. The molecule has 1 aliphatic heterocycles. The number of thiophene rings is 1. The van der Waals surface area contributed by atoms with E-state index in [1.165, 1.54) is 26.1 Å². The van der Waals surface area contributed by atoms with E-state index in [0.717, 1.165) is 37.7 Å². The van der Waals surface area contributed by atoms with E-state index in [4.69, 9.17) is 11.6 Å². The number of halogens is 3. The van der Waals surface area contributed by atoms with Crippen LogP contribution >= 0.6 is 47.8 Å². The average molecular weight is 460 g/mol. The van der Waals surface area contributed by atoms with Crippen molar-refractivity contribution in [1.29, 1.82) is 0 Å². The van der Waals surface area contributed by atoms with Gasteiger partial charge in [-0.3, -0.25) is 9.80 Å². The van der Waals surface area contributed by atoms with Crippen molar-refractivity contribution in [1.82, 2.24) is 9.80 Å². The average Bonchev–Trinajstić information content (AvgIpc) is 3.01. The lowest BCUT2D eigenvalue weighted by molar-refractivity contribution is -0.0140. The fraction of sp³-hybridized carbons (Fsp3) is 0.333. The molecule has 2 aromatic carbocycles. The van der Waals surface area contributed by atoms with Crippen LogP contribution in [0.2, 0.25) is 5.02 Å². The Hall–Kier alpha value is -0.850. The van der Waals surface area contributed by atoms with Crippen molar-refractivity contribution >= 4 is 57.8 Å². The minimum absolute atomic E-state index is 0. The smallest absolute Gasteiger partial charge is 0.104 e. The molecule has 0 bridgehead atoms. The maximum absolute atomic E-state index is 9.78. The normalized spacial score (nSPS) is 16.4. The van der Waals surface area contributed by atoms with E-state index in [1.807, 2.05) is 24.3 Å². The van der Waals surface area contributed by atoms with E-state index in [1.54, 1.807) is 0 Å². The van der Waals surface area contributed by atoms with E-state index >= 15 is 0 Å². The summed E-state index contributed by atoms with van der Waals surface area (Å²) in [5, 5.41) is 11.8. The van der Waals surface area contributed by atoms with Crippen molar-refractivity contribution in [3.8, 4) is 10.4 Å². The van der Waals surface area contributed by atoms with Gasteiger partial charge in [0.05, 0.1) is 0 Å². The summed E-state index contributed by atoms with van der Waals surface area (Å²) in [7, 11) is 0. The third-order valence-electron chi connectivity index (χ3n) is 5.11. The maximum atomic E-state index is 9.78. The molecule has 0 radical (unpaired) electrons. The quantitative estimate of drug-likeness (QED) is 0.556. The molecule has 1 unspecified atom stereocenters. The molecule has 152 valence electrons. The first-order chi connectivity index (χ1) is 12.6. The second-order valence-electron chi connectivity index (χ2n) is 6.86. The maximum Gasteiger partial charge on any atom is 0.104 e. The lowest BCUT2D eigenvalue weighted by Crippen LogP contribution is -2.49. The summed E-state index contributed by atoms with van der Waals surface area (Å²) in [4.78, 5) is 5.94. The third-order valence-corrected chi connectivity index (χ3v) is 6.60. The Morgan fingerprint density at radius 2 is 1.71 bits per heavy atom. The molecular weight excluding hydrogens is 435 g/mol. The molecule has 1 aromatic heterocycles. The Morgan fingerprint density at radius 1 is 1.04 bits per heavy atom. The first-order valence-electron chi connectivity index (χ1n) is 9.02. The fourth-order valence-electron chi connectivity index (χ4n) is 3.62. The monoisotopic (exact) mass is 458 g/mol. The SMILES string of the molecule is CC(O)N1CCN(Cc2c(-c3ccccc3)sc3ccc(Cl)cc23)CC1.Cl.Cl. The third kappa shape index (κ3) is 5.00. The lowest BCUT2D eigenvalue weighted by Gasteiger charge is -2.36. The molecule has 7 heteroatoms. The van der Waals surface area contributed by atoms with Gasteiger partial charge in [-0.2, -0.15) is 0 Å². The van der Waals surface area contributed by atoms with Gasteiger partial charge >= 0.3 is 0 Å². The zero-order valence-corrected chi connectivity index (χ0v) is 18.9. The molecule has 1 fully saturated rings. The Kier molecular flexibility index (Phi) is 8.59. The number of aliphatic hydroxyl groups is 1. The molecule has 4 rings (SSSR count). The van der Waals surface area contributed by atoms with Gasteiger partial charge in [0.2, 0.25) is 0 Å². The summed E-state index contributed by atoms with van der Waals surface area (Å²) < 4.78 is 1.28. The minimum Gasteiger partial charge on any atom is -0.379 e. The highest BCUT2D eigenvalue weighted by atomic mass is 35.5. The standard InChI is InChI=1S/C21H23ClN2OS.2ClH/c1-15(25)24-11-9-23(10-12-24)14-19-18-13-17(22)7-8-20(18)26-21(19)16-5-3-2-4-6-16;;/h2-8,13,15,25H,9-12,14H2,1H3;2*1H. The highest BCUT2D eigenvalue weighted by Crippen LogP contribution is 2.40. The Morgan fingerprint density at radius 3 is 2.36 bits per heavy atom. The molecular formula is C21H25Cl3N2OS. The molecule has 3 aromatic rings. The zero-order chi connectivity index (χ0) is 18.1. The van der Waals surface area contributed by atoms with Crippen molar-refractivity contribution in [3.63, 3.8) is 0 Å². The first-order valence-corrected chi connectivity index (χ1v) is 10.2. The second kappa shape index (κ2) is 10.3. The van der Waals surface area contributed by atoms with Crippen LogP contribution in [0.4, 0.5) is 0 Å². The predicted octanol–water partition coefficient (Wildman–Crippen LogP) is 5.52. The molecule has 0 aliphatic carbocycles. The Labute approximate surface area is 187 Å². The summed E-state index contributed by atoms with van der Waals surface area (Å²) in [6.07, 6.45) is -0.363. The van der Waals surface area contributed by atoms with Crippen molar-refractivity contribution in [3.05, 3.63) is 59.1 Å². The summed E-state index contributed by atoms with van der Waals surface area (Å²) in [5.74, 6) is 0. The highest BCUT2D eigenvalue weighted by molar-refractivity contribution is 7.22. The first kappa shape index (κ1) is 23.4. The number of nitrogens with zero attached hydrogens (tertiary/aromatic N) is 2. The van der Waals surface area contributed by atoms with Crippen LogP contribution in [0.5, 0.6) is 0 Å². The largest absolute Gasteiger partial charge is 0.379 e. The van der Waals surface area contributed by atoms with Gasteiger partial charge in [0.25, 0.3) is 0 Å². The number of hydrogen-bond donors (Lipinski definition) is 1. The number of aliphatic hydroxyl groups excluding tert-OH is 1. The topological polar surface area (TPSA) is 26.7 Å². The van der Waals surface area contributed by atoms with Gasteiger partial charge in [0.15, 0.2) is 0 Å². The molecule has 0 amide bonds. The van der Waals surface area contributed by atoms with E-state index in [9.17, 15) is 5.11 Å². The van der Waals surface area contributed by atoms with Crippen LogP contribution in [0.25, 0.3) is 20.5 Å². The number of benzene rings is 2. The van der Waals surface area contributed by atoms with Crippen LogP contribution in [0.1, 0.15) is 12.5 Å². The fourth-order valence-corrected chi connectivity index (χ4v) is 4.99. The summed E-state index contributed by atoms with van der Waals surface area (Å²) in [5.41, 5.74) is 2.63. The minimum atomic E-state index is -0.363. The molecule has 0 saturated carbocycles. The summed E-state index contributed by atoms with van der Waals surface area (Å²) in [6, 6.07) is 16.8. The number of piperazine rings is 1. The van der Waals surface area contributed by atoms with Crippen LogP contribution in [-0.2, 0) is 6.54 Å². The summed E-state index contributed by atoms with van der Waals surface area (Å²) in [6.45, 7) is 6.51. The molecule has 1 aliphatic rings. The van der Waals surface area contributed by atoms with Crippen LogP contribution in [0.15, 0.2) is 48.5 Å². The van der Waals surface area contributed by atoms with E-state index in [0.29, 0.717) is 0 Å². The molecule has 1 saturated heterocycles. The van der Waals surface area contributed by atoms with Gasteiger partial charge in [-0.15, -0.1) is 36.2 Å². The number of hydrogen-bond acceptors (Lipinski definition) is 4. The number of rotatable bonds is 4. The highest BCUT2D eigenvalue weighted by Gasteiger charge is 2.22. The van der Waals surface area contributed by atoms with Crippen LogP contribution in [-0.4, -0.2) is 47.3 Å². The van der Waals surface area contributed by atoms with Crippen LogP contribution in [0.3, 0.4) is 0 Å². The molecule has 3 nitrogen and oxygen atoms in total. The van der Waals surface area contributed by atoms with Gasteiger partial charge in [-0.25, -0.2) is 0 Å². The van der Waals surface area contributed by atoms with Crippen molar-refractivity contribution < 1.29 is 5.11 Å². The van der Waals surface area contributed by atoms with Gasteiger partial charge in [0, 0.05) is 47.3 Å². The van der Waals surface area contributed by atoms with Crippen LogP contribution in [0, 0.1) is 0 Å². The van der Waals surface area contributed by atoms with Crippen molar-refractivity contribution in [2.75, 3.05) is 26.2 Å². The molecule has 1 atom stereocenters. The van der Waals surface area contributed by atoms with Crippen molar-refractivity contribution in [2.45, 2.75) is 19.7 Å². The van der Waals surface area contributed by atoms with E-state index < -0.39 is 0 Å². The van der Waals surface area contributed by atoms with E-state index in [2.05, 4.69) is 52.3 Å². The zero-order valence-electron chi connectivity index (χ0n) is 15.7. The van der Waals surface area contributed by atoms with Crippen molar-refractivity contribution in [2.24, 2.45) is 0 Å². The number of fused-ring (bicyclic) bond motifs is 1. The Balaban J connectivity index is 0.00000140. The van der Waals surface area contributed by atoms with Gasteiger partial charge in [0.1, 0.15) is 6.23 Å². The molecule has 2 heterocycles. The predicted molar refractivity (Wildman–Crippen MR) is 125 cm³/mol. The van der Waals surface area contributed by atoms with Gasteiger partial charge in [-0.1, -0.05) is 41.9 Å². The molecule has 28 heavy (non-hydrogen) atoms. The second-order valence-corrected chi connectivity index (χ2v) is 8.35. The molecule has 1 N–H and O–H groups in total. The lowest BCUT2D eigenvalue weighted by atomic mass is 10.0. The summed E-state index contributed by atoms with van der Waals surface area (Å²) >= 11 is 8.14. The van der Waals surface area contributed by atoms with Gasteiger partial charge < -0.3 is 5.11 Å².